The van der Waals surface area contributed by atoms with Crippen LogP contribution in [-0.2, 0) is 0 Å². The van der Waals surface area contributed by atoms with Gasteiger partial charge in [-0.15, -0.1) is 0 Å². The van der Waals surface area contributed by atoms with Crippen LogP contribution in [0.5, 0.6) is 0 Å². The molecular weight excluding hydrogens is 230 g/mol. The molecule has 16 heavy (non-hydrogen) atoms. The van der Waals surface area contributed by atoms with Gasteiger partial charge in [-0.05, 0) is 26.2 Å². The number of aromatic nitrogens is 1. The van der Waals surface area contributed by atoms with Crippen molar-refractivity contribution >= 4 is 23.1 Å². The van der Waals surface area contributed by atoms with Crippen molar-refractivity contribution in [3.63, 3.8) is 0 Å². The smallest absolute Gasteiger partial charge is 0.312 e. The van der Waals surface area contributed by atoms with Crippen LogP contribution >= 0.6 is 11.6 Å². The van der Waals surface area contributed by atoms with E-state index in [1.54, 1.807) is 0 Å². The Morgan fingerprint density at radius 3 is 2.81 bits per heavy atom. The Labute approximate surface area is 98.0 Å². The van der Waals surface area contributed by atoms with Crippen molar-refractivity contribution in [3.8, 4) is 0 Å². The molecule has 0 amide bonds. The third-order valence-electron chi connectivity index (χ3n) is 2.91. The molecule has 1 heterocycles. The van der Waals surface area contributed by atoms with Gasteiger partial charge in [0.05, 0.1) is 9.95 Å². The molecule has 86 valence electrons. The minimum absolute atomic E-state index is 0.0639. The Morgan fingerprint density at radius 1 is 1.62 bits per heavy atom. The fourth-order valence-corrected chi connectivity index (χ4v) is 1.93. The van der Waals surface area contributed by atoms with Crippen LogP contribution in [0.2, 0.25) is 5.02 Å². The van der Waals surface area contributed by atoms with Crippen LogP contribution in [0.4, 0.5) is 11.5 Å². The number of nitrogens with zero attached hydrogens (tertiary/aromatic N) is 2. The Kier molecular flexibility index (Phi) is 2.71. The minimum atomic E-state index is -0.469. The molecule has 0 aliphatic heterocycles. The first-order valence-corrected chi connectivity index (χ1v) is 5.46. The highest BCUT2D eigenvalue weighted by molar-refractivity contribution is 6.30. The summed E-state index contributed by atoms with van der Waals surface area (Å²) >= 11 is 5.69. The third kappa shape index (κ3) is 2.09. The first-order chi connectivity index (χ1) is 7.50. The molecule has 1 aliphatic carbocycles. The Hall–Kier alpha value is -1.36. The highest BCUT2D eigenvalue weighted by atomic mass is 35.5. The van der Waals surface area contributed by atoms with Crippen molar-refractivity contribution in [1.29, 1.82) is 0 Å². The van der Waals surface area contributed by atoms with E-state index in [0.717, 1.165) is 19.3 Å². The van der Waals surface area contributed by atoms with E-state index in [1.807, 2.05) is 6.92 Å². The number of hydrogen-bond acceptors (Lipinski definition) is 4. The largest absolute Gasteiger partial charge is 0.359 e. The molecule has 1 aromatic heterocycles. The first kappa shape index (κ1) is 11.1. The summed E-state index contributed by atoms with van der Waals surface area (Å²) in [5.41, 5.74) is -0.133. The van der Waals surface area contributed by atoms with Gasteiger partial charge in [0.15, 0.2) is 0 Å². The molecule has 1 saturated carbocycles. The van der Waals surface area contributed by atoms with Crippen molar-refractivity contribution in [3.05, 3.63) is 27.4 Å². The molecule has 6 heteroatoms. The van der Waals surface area contributed by atoms with Gasteiger partial charge < -0.3 is 5.32 Å². The average Bonchev–Trinajstić information content (AvgIpc) is 2.18. The summed E-state index contributed by atoms with van der Waals surface area (Å²) in [6, 6.07) is 1.32. The summed E-state index contributed by atoms with van der Waals surface area (Å²) in [4.78, 5) is 14.3. The van der Waals surface area contributed by atoms with E-state index >= 15 is 0 Å². The molecule has 0 unspecified atom stereocenters. The summed E-state index contributed by atoms with van der Waals surface area (Å²) in [5.74, 6) is 0.302. The zero-order chi connectivity index (χ0) is 11.8. The lowest BCUT2D eigenvalue weighted by molar-refractivity contribution is -0.384. The predicted octanol–water partition coefficient (Wildman–Crippen LogP) is 3.00. The fraction of sp³-hybridized carbons (Fsp3) is 0.500. The second-order valence-corrected chi connectivity index (χ2v) is 4.75. The molecule has 0 atom stereocenters. The van der Waals surface area contributed by atoms with Crippen LogP contribution in [0.3, 0.4) is 0 Å². The van der Waals surface area contributed by atoms with E-state index in [1.165, 1.54) is 12.3 Å². The summed E-state index contributed by atoms with van der Waals surface area (Å²) in [7, 11) is 0. The van der Waals surface area contributed by atoms with Crippen LogP contribution in [-0.4, -0.2) is 15.4 Å². The maximum atomic E-state index is 10.8. The normalized spacial score (nSPS) is 17.6. The second-order valence-electron chi connectivity index (χ2n) is 4.32. The molecule has 1 aliphatic rings. The molecule has 1 fully saturated rings. The Morgan fingerprint density at radius 2 is 2.31 bits per heavy atom. The van der Waals surface area contributed by atoms with Crippen LogP contribution in [0.25, 0.3) is 0 Å². The van der Waals surface area contributed by atoms with Gasteiger partial charge in [-0.2, -0.15) is 0 Å². The molecule has 1 N–H and O–H groups in total. The van der Waals surface area contributed by atoms with Crippen LogP contribution in [0, 0.1) is 10.1 Å². The van der Waals surface area contributed by atoms with Gasteiger partial charge >= 0.3 is 5.69 Å². The predicted molar refractivity (Wildman–Crippen MR) is 61.8 cm³/mol. The van der Waals surface area contributed by atoms with Crippen LogP contribution in [0.15, 0.2) is 12.3 Å². The van der Waals surface area contributed by atoms with Gasteiger partial charge in [0.1, 0.15) is 0 Å². The topological polar surface area (TPSA) is 68.1 Å². The summed E-state index contributed by atoms with van der Waals surface area (Å²) in [6.45, 7) is 2.04. The molecule has 5 nitrogen and oxygen atoms in total. The van der Waals surface area contributed by atoms with E-state index < -0.39 is 4.92 Å². The number of anilines is 1. The van der Waals surface area contributed by atoms with Crippen molar-refractivity contribution in [2.24, 2.45) is 0 Å². The fourth-order valence-electron chi connectivity index (χ4n) is 1.78. The highest BCUT2D eigenvalue weighted by Gasteiger charge is 2.33. The number of nitrogens with one attached hydrogen (secondary N) is 1. The van der Waals surface area contributed by atoms with Gasteiger partial charge in [0.25, 0.3) is 0 Å². The SMILES string of the molecule is CC1(Nc2ncc(Cl)cc2[N+](=O)[O-])CCC1. The van der Waals surface area contributed by atoms with E-state index in [-0.39, 0.29) is 16.2 Å². The van der Waals surface area contributed by atoms with Crippen LogP contribution < -0.4 is 5.32 Å². The lowest BCUT2D eigenvalue weighted by atomic mass is 9.78. The molecule has 0 radical (unpaired) electrons. The van der Waals surface area contributed by atoms with Gasteiger partial charge in [-0.3, -0.25) is 10.1 Å². The minimum Gasteiger partial charge on any atom is -0.359 e. The van der Waals surface area contributed by atoms with Gasteiger partial charge in [0, 0.05) is 17.8 Å². The molecule has 0 spiro atoms. The number of hydrogen-bond donors (Lipinski definition) is 1. The monoisotopic (exact) mass is 241 g/mol. The van der Waals surface area contributed by atoms with Crippen molar-refractivity contribution in [2.45, 2.75) is 31.7 Å². The van der Waals surface area contributed by atoms with E-state index in [2.05, 4.69) is 10.3 Å². The number of rotatable bonds is 3. The molecule has 0 bridgehead atoms. The van der Waals surface area contributed by atoms with Gasteiger partial charge in [-0.1, -0.05) is 11.6 Å². The summed E-state index contributed by atoms with van der Waals surface area (Å²) < 4.78 is 0. The van der Waals surface area contributed by atoms with E-state index in [4.69, 9.17) is 11.6 Å². The lowest BCUT2D eigenvalue weighted by Crippen LogP contribution is -2.42. The molecule has 1 aromatic rings. The lowest BCUT2D eigenvalue weighted by Gasteiger charge is -2.39. The van der Waals surface area contributed by atoms with Crippen molar-refractivity contribution in [1.82, 2.24) is 4.98 Å². The third-order valence-corrected chi connectivity index (χ3v) is 3.11. The molecule has 2 rings (SSSR count). The zero-order valence-corrected chi connectivity index (χ0v) is 9.62. The Balaban J connectivity index is 2.29. The average molecular weight is 242 g/mol. The second kappa shape index (κ2) is 3.90. The quantitative estimate of drug-likeness (QED) is 0.652. The summed E-state index contributed by atoms with van der Waals surface area (Å²) in [6.07, 6.45) is 4.58. The van der Waals surface area contributed by atoms with Crippen molar-refractivity contribution in [2.75, 3.05) is 5.32 Å². The van der Waals surface area contributed by atoms with E-state index in [9.17, 15) is 10.1 Å². The van der Waals surface area contributed by atoms with Crippen molar-refractivity contribution < 1.29 is 4.92 Å². The van der Waals surface area contributed by atoms with Gasteiger partial charge in [0.2, 0.25) is 5.82 Å². The molecular formula is C10H12ClN3O2. The first-order valence-electron chi connectivity index (χ1n) is 5.08. The van der Waals surface area contributed by atoms with Gasteiger partial charge in [-0.25, -0.2) is 4.98 Å². The number of pyridine rings is 1. The van der Waals surface area contributed by atoms with E-state index in [0.29, 0.717) is 5.82 Å². The zero-order valence-electron chi connectivity index (χ0n) is 8.86. The molecule has 0 aromatic carbocycles. The number of halogens is 1. The summed E-state index contributed by atoms with van der Waals surface area (Å²) in [5, 5.41) is 14.2. The van der Waals surface area contributed by atoms with Crippen LogP contribution in [0.1, 0.15) is 26.2 Å². The highest BCUT2D eigenvalue weighted by Crippen LogP contribution is 2.36. The number of nitro groups is 1. The maximum Gasteiger partial charge on any atom is 0.312 e. The Bertz CT molecular complexity index is 432. The maximum absolute atomic E-state index is 10.8. The molecule has 0 saturated heterocycles. The standard InChI is InChI=1S/C10H12ClN3O2/c1-10(3-2-4-10)13-9-8(14(15)16)5-7(11)6-12-9/h5-6H,2-4H2,1H3,(H,12,13).